The smallest absolute Gasteiger partial charge is 0.260 e. The number of hydrogen-bond donors (Lipinski definition) is 2. The van der Waals surface area contributed by atoms with E-state index in [0.29, 0.717) is 11.5 Å². The molecule has 0 spiro atoms. The number of rotatable bonds is 4. The van der Waals surface area contributed by atoms with E-state index in [1.54, 1.807) is 7.05 Å². The molecular weight excluding hydrogens is 264 g/mol. The van der Waals surface area contributed by atoms with Crippen LogP contribution in [0.25, 0.3) is 0 Å². The number of aromatic amines is 1. The molecule has 1 fully saturated rings. The number of nitrogens with two attached hydrogens (primary N) is 1. The average Bonchev–Trinajstić information content (AvgIpc) is 2.87. The highest BCUT2D eigenvalue weighted by molar-refractivity contribution is 7.89. The number of hydrogen-bond acceptors (Lipinski definition) is 4. The van der Waals surface area contributed by atoms with Gasteiger partial charge in [-0.05, 0) is 18.8 Å². The fourth-order valence-corrected chi connectivity index (χ4v) is 4.42. The van der Waals surface area contributed by atoms with Crippen molar-refractivity contribution in [2.45, 2.75) is 50.2 Å². The van der Waals surface area contributed by atoms with Gasteiger partial charge in [-0.2, -0.15) is 9.40 Å². The zero-order valence-electron chi connectivity index (χ0n) is 11.5. The molecule has 1 aromatic rings. The highest BCUT2D eigenvalue weighted by atomic mass is 32.2. The fourth-order valence-electron chi connectivity index (χ4n) is 2.83. The molecule has 7 heteroatoms. The first-order chi connectivity index (χ1) is 8.98. The lowest BCUT2D eigenvalue weighted by Gasteiger charge is -2.35. The van der Waals surface area contributed by atoms with E-state index in [1.807, 2.05) is 0 Å². The minimum absolute atomic E-state index is 0.0627. The molecule has 1 heterocycles. The largest absolute Gasteiger partial charge is 0.326 e. The molecule has 2 unspecified atom stereocenters. The molecule has 1 saturated carbocycles. The van der Waals surface area contributed by atoms with E-state index in [-0.39, 0.29) is 17.6 Å². The lowest BCUT2D eigenvalue weighted by atomic mass is 9.86. The number of nitrogens with zero attached hydrogens (tertiary/aromatic N) is 2. The van der Waals surface area contributed by atoms with Gasteiger partial charge >= 0.3 is 0 Å². The van der Waals surface area contributed by atoms with Gasteiger partial charge < -0.3 is 5.73 Å². The molecule has 1 aliphatic rings. The zero-order chi connectivity index (χ0) is 14.0. The summed E-state index contributed by atoms with van der Waals surface area (Å²) in [5.41, 5.74) is 6.09. The van der Waals surface area contributed by atoms with E-state index >= 15 is 0 Å². The first kappa shape index (κ1) is 14.5. The minimum atomic E-state index is -3.54. The standard InChI is InChI=1S/C12H22N4O2S/c1-9-5-3-4-6-11(9)16(2)19(17,18)12-10(7-13)8-14-15-12/h8-9,11H,3-7,13H2,1-2H3,(H,14,15). The maximum atomic E-state index is 12.6. The van der Waals surface area contributed by atoms with Gasteiger partial charge in [0.1, 0.15) is 0 Å². The third-order valence-corrected chi connectivity index (χ3v) is 5.97. The Morgan fingerprint density at radius 3 is 2.79 bits per heavy atom. The van der Waals surface area contributed by atoms with Crippen molar-refractivity contribution in [1.29, 1.82) is 0 Å². The van der Waals surface area contributed by atoms with E-state index in [4.69, 9.17) is 5.73 Å². The van der Waals surface area contributed by atoms with Crippen molar-refractivity contribution in [2.24, 2.45) is 11.7 Å². The van der Waals surface area contributed by atoms with Crippen molar-refractivity contribution in [2.75, 3.05) is 7.05 Å². The molecule has 108 valence electrons. The van der Waals surface area contributed by atoms with E-state index in [1.165, 1.54) is 16.9 Å². The summed E-state index contributed by atoms with van der Waals surface area (Å²) in [6.07, 6.45) is 5.75. The maximum absolute atomic E-state index is 12.6. The van der Waals surface area contributed by atoms with E-state index < -0.39 is 10.0 Å². The quantitative estimate of drug-likeness (QED) is 0.866. The summed E-state index contributed by atoms with van der Waals surface area (Å²) in [7, 11) is -1.88. The Morgan fingerprint density at radius 2 is 2.16 bits per heavy atom. The Balaban J connectivity index is 2.28. The van der Waals surface area contributed by atoms with Crippen LogP contribution in [0.1, 0.15) is 38.2 Å². The molecule has 1 aliphatic carbocycles. The second-order valence-electron chi connectivity index (χ2n) is 5.28. The number of sulfonamides is 1. The van der Waals surface area contributed by atoms with Crippen LogP contribution in [-0.2, 0) is 16.6 Å². The second kappa shape index (κ2) is 5.60. The van der Waals surface area contributed by atoms with Crippen LogP contribution in [0.3, 0.4) is 0 Å². The topological polar surface area (TPSA) is 92.1 Å². The van der Waals surface area contributed by atoms with Crippen molar-refractivity contribution < 1.29 is 8.42 Å². The Labute approximate surface area is 114 Å². The van der Waals surface area contributed by atoms with E-state index in [2.05, 4.69) is 17.1 Å². The Bertz CT molecular complexity index is 526. The molecule has 6 nitrogen and oxygen atoms in total. The number of H-pyrrole nitrogens is 1. The maximum Gasteiger partial charge on any atom is 0.260 e. The van der Waals surface area contributed by atoms with Crippen LogP contribution in [0.5, 0.6) is 0 Å². The van der Waals surface area contributed by atoms with Crippen LogP contribution in [0.4, 0.5) is 0 Å². The van der Waals surface area contributed by atoms with Crippen LogP contribution in [0.2, 0.25) is 0 Å². The predicted molar refractivity (Wildman–Crippen MR) is 72.8 cm³/mol. The summed E-state index contributed by atoms with van der Waals surface area (Å²) >= 11 is 0. The number of nitrogens with one attached hydrogen (secondary N) is 1. The average molecular weight is 286 g/mol. The lowest BCUT2D eigenvalue weighted by Crippen LogP contribution is -2.43. The van der Waals surface area contributed by atoms with E-state index in [9.17, 15) is 8.42 Å². The van der Waals surface area contributed by atoms with E-state index in [0.717, 1.165) is 19.3 Å². The zero-order valence-corrected chi connectivity index (χ0v) is 12.3. The predicted octanol–water partition coefficient (Wildman–Crippen LogP) is 1.07. The molecule has 2 rings (SSSR count). The molecule has 0 aliphatic heterocycles. The minimum Gasteiger partial charge on any atom is -0.326 e. The molecule has 0 amide bonds. The van der Waals surface area contributed by atoms with Gasteiger partial charge in [-0.15, -0.1) is 0 Å². The van der Waals surface area contributed by atoms with Gasteiger partial charge in [0.2, 0.25) is 0 Å². The molecule has 19 heavy (non-hydrogen) atoms. The third-order valence-electron chi connectivity index (χ3n) is 4.07. The molecule has 0 aromatic carbocycles. The third kappa shape index (κ3) is 2.68. The van der Waals surface area contributed by atoms with Gasteiger partial charge in [0.05, 0.1) is 6.20 Å². The van der Waals surface area contributed by atoms with Gasteiger partial charge in [-0.25, -0.2) is 8.42 Å². The summed E-state index contributed by atoms with van der Waals surface area (Å²) in [6.45, 7) is 2.28. The monoisotopic (exact) mass is 286 g/mol. The second-order valence-corrected chi connectivity index (χ2v) is 7.21. The Morgan fingerprint density at radius 1 is 1.47 bits per heavy atom. The summed E-state index contributed by atoms with van der Waals surface area (Å²) in [5.74, 6) is 0.387. The molecule has 0 saturated heterocycles. The molecule has 0 bridgehead atoms. The molecular formula is C12H22N4O2S. The summed E-state index contributed by atoms with van der Waals surface area (Å²) < 4.78 is 26.7. The normalized spacial score (nSPS) is 24.8. The SMILES string of the molecule is CC1CCCCC1N(C)S(=O)(=O)c1[nH]ncc1CN. The Hall–Kier alpha value is -0.920. The number of aromatic nitrogens is 2. The van der Waals surface area contributed by atoms with Crippen molar-refractivity contribution in [3.63, 3.8) is 0 Å². The lowest BCUT2D eigenvalue weighted by molar-refractivity contribution is 0.213. The molecule has 1 aromatic heterocycles. The fraction of sp³-hybridized carbons (Fsp3) is 0.750. The van der Waals surface area contributed by atoms with Gasteiger partial charge in [0.25, 0.3) is 10.0 Å². The van der Waals surface area contributed by atoms with Gasteiger partial charge in [-0.3, -0.25) is 5.10 Å². The summed E-state index contributed by atoms with van der Waals surface area (Å²) in [5, 5.41) is 6.50. The molecule has 0 radical (unpaired) electrons. The van der Waals surface area contributed by atoms with Crippen LogP contribution in [0, 0.1) is 5.92 Å². The Kier molecular flexibility index (Phi) is 4.27. The van der Waals surface area contributed by atoms with Crippen LogP contribution >= 0.6 is 0 Å². The van der Waals surface area contributed by atoms with Crippen molar-refractivity contribution in [3.8, 4) is 0 Å². The van der Waals surface area contributed by atoms with Crippen molar-refractivity contribution >= 4 is 10.0 Å². The summed E-state index contributed by atoms with van der Waals surface area (Å²) in [6, 6.07) is 0.0627. The molecule has 3 N–H and O–H groups in total. The first-order valence-electron chi connectivity index (χ1n) is 6.68. The molecule has 2 atom stereocenters. The van der Waals surface area contributed by atoms with Crippen LogP contribution in [0.15, 0.2) is 11.2 Å². The van der Waals surface area contributed by atoms with Gasteiger partial charge in [0, 0.05) is 25.2 Å². The van der Waals surface area contributed by atoms with Crippen molar-refractivity contribution in [1.82, 2.24) is 14.5 Å². The van der Waals surface area contributed by atoms with Crippen LogP contribution in [-0.4, -0.2) is 36.0 Å². The highest BCUT2D eigenvalue weighted by Gasteiger charge is 2.34. The first-order valence-corrected chi connectivity index (χ1v) is 8.12. The van der Waals surface area contributed by atoms with Crippen molar-refractivity contribution in [3.05, 3.63) is 11.8 Å². The highest BCUT2D eigenvalue weighted by Crippen LogP contribution is 2.30. The van der Waals surface area contributed by atoms with Gasteiger partial charge in [0.15, 0.2) is 5.03 Å². The summed E-state index contributed by atoms with van der Waals surface area (Å²) in [4.78, 5) is 0. The van der Waals surface area contributed by atoms with Crippen LogP contribution < -0.4 is 5.73 Å². The van der Waals surface area contributed by atoms with Gasteiger partial charge in [-0.1, -0.05) is 19.8 Å².